The lowest BCUT2D eigenvalue weighted by atomic mass is 10.3. The van der Waals surface area contributed by atoms with Crippen molar-refractivity contribution in [1.29, 1.82) is 0 Å². The summed E-state index contributed by atoms with van der Waals surface area (Å²) in [6, 6.07) is 3.04. The largest absolute Gasteiger partial charge is 0.431 e. The number of benzene rings is 1. The van der Waals surface area contributed by atoms with Crippen molar-refractivity contribution in [2.45, 2.75) is 20.1 Å². The van der Waals surface area contributed by atoms with Gasteiger partial charge in [0.25, 0.3) is 0 Å². The highest BCUT2D eigenvalue weighted by molar-refractivity contribution is 9.10. The smallest absolute Gasteiger partial charge is 0.387 e. The third-order valence-electron chi connectivity index (χ3n) is 2.50. The average Bonchev–Trinajstić information content (AvgIpc) is 2.76. The van der Waals surface area contributed by atoms with Gasteiger partial charge in [-0.3, -0.25) is 0 Å². The number of halogens is 4. The molecular formula is C12H10BrClF2N2OS. The highest BCUT2D eigenvalue weighted by Crippen LogP contribution is 2.38. The van der Waals surface area contributed by atoms with Crippen LogP contribution in [0.5, 0.6) is 5.75 Å². The van der Waals surface area contributed by atoms with E-state index in [0.717, 1.165) is 10.6 Å². The molecule has 0 spiro atoms. The van der Waals surface area contributed by atoms with Gasteiger partial charge < -0.3 is 10.1 Å². The van der Waals surface area contributed by atoms with E-state index in [1.54, 1.807) is 11.6 Å². The van der Waals surface area contributed by atoms with Crippen molar-refractivity contribution in [3.05, 3.63) is 37.7 Å². The van der Waals surface area contributed by atoms with Gasteiger partial charge in [-0.05, 0) is 35.0 Å². The molecule has 8 heteroatoms. The van der Waals surface area contributed by atoms with Gasteiger partial charge in [0.1, 0.15) is 0 Å². The fourth-order valence-electron chi connectivity index (χ4n) is 1.57. The number of aromatic nitrogens is 1. The molecule has 0 saturated carbocycles. The lowest BCUT2D eigenvalue weighted by Gasteiger charge is -2.14. The monoisotopic (exact) mass is 382 g/mol. The second-order valence-corrected chi connectivity index (χ2v) is 6.09. The number of ether oxygens (including phenoxy) is 1. The number of aryl methyl sites for hydroxylation is 1. The molecule has 20 heavy (non-hydrogen) atoms. The first-order valence-corrected chi connectivity index (χ1v) is 7.59. The van der Waals surface area contributed by atoms with Gasteiger partial charge in [0.05, 0.1) is 27.9 Å². The molecule has 0 aliphatic rings. The van der Waals surface area contributed by atoms with Crippen LogP contribution < -0.4 is 10.1 Å². The van der Waals surface area contributed by atoms with Crippen LogP contribution in [-0.4, -0.2) is 11.6 Å². The third-order valence-corrected chi connectivity index (χ3v) is 4.24. The second kappa shape index (κ2) is 6.69. The zero-order valence-electron chi connectivity index (χ0n) is 10.3. The normalized spacial score (nSPS) is 10.9. The number of nitrogens with one attached hydrogen (secondary N) is 1. The second-order valence-electron chi connectivity index (χ2n) is 3.86. The number of alkyl halides is 2. The van der Waals surface area contributed by atoms with E-state index in [1.165, 1.54) is 17.4 Å². The molecule has 0 bridgehead atoms. The van der Waals surface area contributed by atoms with E-state index in [0.29, 0.717) is 21.7 Å². The minimum Gasteiger partial charge on any atom is -0.431 e. The van der Waals surface area contributed by atoms with Crippen LogP contribution in [-0.2, 0) is 6.54 Å². The van der Waals surface area contributed by atoms with E-state index in [4.69, 9.17) is 11.6 Å². The SMILES string of the molecule is Cc1ncsc1CNc1cc(Cl)cc(Br)c1OC(F)F. The van der Waals surface area contributed by atoms with Gasteiger partial charge in [-0.15, -0.1) is 11.3 Å². The molecule has 0 amide bonds. The summed E-state index contributed by atoms with van der Waals surface area (Å²) in [7, 11) is 0. The van der Waals surface area contributed by atoms with Crippen molar-refractivity contribution < 1.29 is 13.5 Å². The van der Waals surface area contributed by atoms with Gasteiger partial charge in [-0.25, -0.2) is 4.98 Å². The first-order chi connectivity index (χ1) is 9.47. The Morgan fingerprint density at radius 1 is 1.50 bits per heavy atom. The zero-order valence-corrected chi connectivity index (χ0v) is 13.5. The molecule has 0 unspecified atom stereocenters. The summed E-state index contributed by atoms with van der Waals surface area (Å²) in [5.41, 5.74) is 3.04. The van der Waals surface area contributed by atoms with Crippen LogP contribution in [0.4, 0.5) is 14.5 Å². The molecule has 1 aromatic heterocycles. The highest BCUT2D eigenvalue weighted by Gasteiger charge is 2.15. The van der Waals surface area contributed by atoms with Crippen molar-refractivity contribution in [1.82, 2.24) is 4.98 Å². The number of thiazole rings is 1. The molecule has 3 nitrogen and oxygen atoms in total. The van der Waals surface area contributed by atoms with Crippen LogP contribution in [0.15, 0.2) is 22.1 Å². The minimum atomic E-state index is -2.90. The van der Waals surface area contributed by atoms with Gasteiger partial charge >= 0.3 is 6.61 Å². The molecule has 1 heterocycles. The number of nitrogens with zero attached hydrogens (tertiary/aromatic N) is 1. The molecule has 1 N–H and O–H groups in total. The summed E-state index contributed by atoms with van der Waals surface area (Å²) < 4.78 is 29.8. The Morgan fingerprint density at radius 3 is 2.85 bits per heavy atom. The van der Waals surface area contributed by atoms with Gasteiger partial charge in [0.2, 0.25) is 0 Å². The van der Waals surface area contributed by atoms with Gasteiger partial charge in [0, 0.05) is 9.90 Å². The Kier molecular flexibility index (Phi) is 5.17. The number of hydrogen-bond acceptors (Lipinski definition) is 4. The van der Waals surface area contributed by atoms with Crippen LogP contribution in [0.2, 0.25) is 5.02 Å². The van der Waals surface area contributed by atoms with Crippen LogP contribution >= 0.6 is 38.9 Å². The molecule has 2 aromatic rings. The predicted molar refractivity (Wildman–Crippen MR) is 80.0 cm³/mol. The Balaban J connectivity index is 2.23. The lowest BCUT2D eigenvalue weighted by Crippen LogP contribution is -2.07. The van der Waals surface area contributed by atoms with E-state index in [1.807, 2.05) is 6.92 Å². The molecular weight excluding hydrogens is 374 g/mol. The maximum absolute atomic E-state index is 12.4. The molecule has 0 atom stereocenters. The lowest BCUT2D eigenvalue weighted by molar-refractivity contribution is -0.0498. The number of anilines is 1. The maximum atomic E-state index is 12.4. The quantitative estimate of drug-likeness (QED) is 0.782. The van der Waals surface area contributed by atoms with Crippen LogP contribution in [0.1, 0.15) is 10.6 Å². The van der Waals surface area contributed by atoms with E-state index in [-0.39, 0.29) is 5.75 Å². The van der Waals surface area contributed by atoms with Crippen molar-refractivity contribution in [2.75, 3.05) is 5.32 Å². The van der Waals surface area contributed by atoms with Gasteiger partial charge in [-0.1, -0.05) is 11.6 Å². The van der Waals surface area contributed by atoms with E-state index >= 15 is 0 Å². The van der Waals surface area contributed by atoms with E-state index in [9.17, 15) is 8.78 Å². The standard InChI is InChI=1S/C12H10BrClF2N2OS/c1-6-10(20-5-18-6)4-17-9-3-7(14)2-8(13)11(9)19-12(15)16/h2-3,5,12,17H,4H2,1H3. The number of hydrogen-bond donors (Lipinski definition) is 1. The summed E-state index contributed by atoms with van der Waals surface area (Å²) in [4.78, 5) is 5.14. The molecule has 1 aromatic carbocycles. The first kappa shape index (κ1) is 15.5. The fraction of sp³-hybridized carbons (Fsp3) is 0.250. The third kappa shape index (κ3) is 3.80. The Labute approximate surface area is 132 Å². The summed E-state index contributed by atoms with van der Waals surface area (Å²) in [6.45, 7) is -0.556. The zero-order chi connectivity index (χ0) is 14.7. The number of rotatable bonds is 5. The van der Waals surface area contributed by atoms with Crippen LogP contribution in [0.3, 0.4) is 0 Å². The van der Waals surface area contributed by atoms with Crippen molar-refractivity contribution >= 4 is 44.6 Å². The Hall–Kier alpha value is -0.920. The Morgan fingerprint density at radius 2 is 2.25 bits per heavy atom. The molecule has 0 fully saturated rings. The highest BCUT2D eigenvalue weighted by atomic mass is 79.9. The van der Waals surface area contributed by atoms with Crippen LogP contribution in [0.25, 0.3) is 0 Å². The average molecular weight is 384 g/mol. The van der Waals surface area contributed by atoms with Crippen molar-refractivity contribution in [2.24, 2.45) is 0 Å². The summed E-state index contributed by atoms with van der Waals surface area (Å²) in [6.07, 6.45) is 0. The van der Waals surface area contributed by atoms with Crippen molar-refractivity contribution in [3.8, 4) is 5.75 Å². The van der Waals surface area contributed by atoms with E-state index < -0.39 is 6.61 Å². The predicted octanol–water partition coefficient (Wildman–Crippen LogP) is 5.08. The molecule has 0 saturated heterocycles. The molecule has 2 rings (SSSR count). The van der Waals surface area contributed by atoms with Gasteiger partial charge in [0.15, 0.2) is 5.75 Å². The minimum absolute atomic E-state index is 0.0339. The van der Waals surface area contributed by atoms with E-state index in [2.05, 4.69) is 31.0 Å². The van der Waals surface area contributed by atoms with Crippen LogP contribution in [0, 0.1) is 6.92 Å². The molecule has 108 valence electrons. The maximum Gasteiger partial charge on any atom is 0.387 e. The summed E-state index contributed by atoms with van der Waals surface area (Å²) in [5, 5.41) is 3.46. The first-order valence-electron chi connectivity index (χ1n) is 5.54. The summed E-state index contributed by atoms with van der Waals surface area (Å²) in [5.74, 6) is 0.0339. The molecule has 0 radical (unpaired) electrons. The van der Waals surface area contributed by atoms with Crippen molar-refractivity contribution in [3.63, 3.8) is 0 Å². The summed E-state index contributed by atoms with van der Waals surface area (Å²) >= 11 is 10.6. The Bertz CT molecular complexity index is 609. The van der Waals surface area contributed by atoms with Gasteiger partial charge in [-0.2, -0.15) is 8.78 Å². The fourth-order valence-corrected chi connectivity index (χ4v) is 3.19. The molecule has 0 aliphatic carbocycles. The topological polar surface area (TPSA) is 34.2 Å². The molecule has 0 aliphatic heterocycles.